The maximum atomic E-state index is 14.4. The van der Waals surface area contributed by atoms with E-state index in [-0.39, 0.29) is 5.82 Å². The molecule has 0 N–H and O–H groups in total. The quantitative estimate of drug-likeness (QED) is 0.549. The Balaban J connectivity index is 2.28. The Morgan fingerprint density at radius 1 is 1.00 bits per heavy atom. The van der Waals surface area contributed by atoms with Gasteiger partial charge in [-0.25, -0.2) is 4.39 Å². The van der Waals surface area contributed by atoms with E-state index >= 15 is 0 Å². The molecule has 0 spiro atoms. The van der Waals surface area contributed by atoms with E-state index in [2.05, 4.69) is 70.5 Å². The van der Waals surface area contributed by atoms with E-state index in [1.807, 2.05) is 6.07 Å². The summed E-state index contributed by atoms with van der Waals surface area (Å²) in [6, 6.07) is 12.2. The van der Waals surface area contributed by atoms with Crippen molar-refractivity contribution in [1.82, 2.24) is 0 Å². The summed E-state index contributed by atoms with van der Waals surface area (Å²) < 4.78 is 16.6. The van der Waals surface area contributed by atoms with Gasteiger partial charge >= 0.3 is 0 Å². The van der Waals surface area contributed by atoms with Gasteiger partial charge in [0.25, 0.3) is 0 Å². The van der Waals surface area contributed by atoms with Crippen LogP contribution in [-0.4, -0.2) is 0 Å². The molecule has 2 heteroatoms. The van der Waals surface area contributed by atoms with Gasteiger partial charge in [-0.1, -0.05) is 25.5 Å². The monoisotopic (exact) mass is 336 g/mol. The predicted molar refractivity (Wildman–Crippen MR) is 103 cm³/mol. The average molecular weight is 336 g/mol. The minimum atomic E-state index is -0.100. The lowest BCUT2D eigenvalue weighted by Gasteiger charge is -2.13. The Morgan fingerprint density at radius 3 is 2.40 bits per heavy atom. The molecular formula is C23H27FN+. The zero-order chi connectivity index (χ0) is 18.3. The van der Waals surface area contributed by atoms with E-state index < -0.39 is 0 Å². The van der Waals surface area contributed by atoms with Crippen LogP contribution in [0.1, 0.15) is 36.1 Å². The van der Waals surface area contributed by atoms with Crippen LogP contribution in [0.4, 0.5) is 4.39 Å². The molecule has 1 nitrogen and oxygen atoms in total. The Morgan fingerprint density at radius 2 is 1.72 bits per heavy atom. The standard InChI is InChI=1S/C23H27FN/c1-14(2)11-20-18-7-9-23(25(6)22(18)10-8-21(20)24)19-13-15(3)12-16(4)17(19)5/h7-10,12-14H,11H2,1-6H3/q+1. The molecule has 0 saturated carbocycles. The fraction of sp³-hybridized carbons (Fsp3) is 0.348. The van der Waals surface area contributed by atoms with Crippen molar-refractivity contribution in [3.63, 3.8) is 0 Å². The van der Waals surface area contributed by atoms with E-state index in [0.29, 0.717) is 5.92 Å². The maximum Gasteiger partial charge on any atom is 0.213 e. The Bertz CT molecular complexity index is 954. The number of halogens is 1. The third-order valence-corrected chi connectivity index (χ3v) is 5.11. The molecule has 1 heterocycles. The number of hydrogen-bond acceptors (Lipinski definition) is 0. The highest BCUT2D eigenvalue weighted by molar-refractivity contribution is 5.82. The van der Waals surface area contributed by atoms with Gasteiger partial charge in [-0.2, -0.15) is 4.57 Å². The summed E-state index contributed by atoms with van der Waals surface area (Å²) in [6.07, 6.45) is 0.755. The molecular weight excluding hydrogens is 309 g/mol. The molecule has 0 fully saturated rings. The molecule has 0 aliphatic heterocycles. The second-order valence-corrected chi connectivity index (χ2v) is 7.59. The molecule has 1 aromatic heterocycles. The third-order valence-electron chi connectivity index (χ3n) is 5.11. The van der Waals surface area contributed by atoms with Crippen molar-refractivity contribution in [2.75, 3.05) is 0 Å². The zero-order valence-corrected chi connectivity index (χ0v) is 16.1. The molecule has 0 radical (unpaired) electrons. The van der Waals surface area contributed by atoms with Crippen LogP contribution in [-0.2, 0) is 13.5 Å². The topological polar surface area (TPSA) is 3.88 Å². The maximum absolute atomic E-state index is 14.4. The largest absolute Gasteiger partial charge is 0.213 e. The number of nitrogens with zero attached hydrogens (tertiary/aromatic N) is 1. The summed E-state index contributed by atoms with van der Waals surface area (Å²) in [5.74, 6) is 0.322. The SMILES string of the molecule is Cc1cc(C)c(C)c(-c2ccc3c(CC(C)C)c(F)ccc3[n+]2C)c1. The summed E-state index contributed by atoms with van der Waals surface area (Å²) in [5.41, 5.74) is 8.17. The van der Waals surface area contributed by atoms with E-state index in [1.165, 1.54) is 27.9 Å². The van der Waals surface area contributed by atoms with Crippen LogP contribution in [0, 0.1) is 32.5 Å². The van der Waals surface area contributed by atoms with Crippen molar-refractivity contribution in [2.24, 2.45) is 13.0 Å². The molecule has 0 bridgehead atoms. The summed E-state index contributed by atoms with van der Waals surface area (Å²) in [6.45, 7) is 10.7. The number of aryl methyl sites for hydroxylation is 3. The fourth-order valence-electron chi connectivity index (χ4n) is 3.70. The highest BCUT2D eigenvalue weighted by atomic mass is 19.1. The van der Waals surface area contributed by atoms with Crippen LogP contribution in [0.2, 0.25) is 0 Å². The van der Waals surface area contributed by atoms with Gasteiger partial charge < -0.3 is 0 Å². The van der Waals surface area contributed by atoms with Gasteiger partial charge in [0, 0.05) is 23.3 Å². The lowest BCUT2D eigenvalue weighted by molar-refractivity contribution is -0.633. The smallest absolute Gasteiger partial charge is 0.207 e. The first-order chi connectivity index (χ1) is 11.8. The van der Waals surface area contributed by atoms with Crippen molar-refractivity contribution in [3.05, 3.63) is 64.5 Å². The number of rotatable bonds is 3. The summed E-state index contributed by atoms with van der Waals surface area (Å²) in [5, 5.41) is 1.02. The number of benzene rings is 2. The van der Waals surface area contributed by atoms with Gasteiger partial charge in [0.1, 0.15) is 12.9 Å². The summed E-state index contributed by atoms with van der Waals surface area (Å²) >= 11 is 0. The molecule has 3 aromatic rings. The molecule has 3 rings (SSSR count). The Hall–Kier alpha value is -2.22. The van der Waals surface area contributed by atoms with E-state index in [0.717, 1.165) is 22.9 Å². The first-order valence-corrected chi connectivity index (χ1v) is 8.98. The molecule has 2 aromatic carbocycles. The van der Waals surface area contributed by atoms with Gasteiger partial charge in [-0.3, -0.25) is 0 Å². The minimum absolute atomic E-state index is 0.100. The molecule has 130 valence electrons. The van der Waals surface area contributed by atoms with Gasteiger partial charge in [0.15, 0.2) is 0 Å². The Labute approximate surface area is 150 Å². The summed E-state index contributed by atoms with van der Waals surface area (Å²) in [4.78, 5) is 0. The van der Waals surface area contributed by atoms with Crippen molar-refractivity contribution >= 4 is 10.9 Å². The number of pyridine rings is 1. The van der Waals surface area contributed by atoms with Crippen LogP contribution < -0.4 is 4.57 Å². The van der Waals surface area contributed by atoms with Gasteiger partial charge in [0.05, 0.1) is 5.39 Å². The van der Waals surface area contributed by atoms with E-state index in [1.54, 1.807) is 6.07 Å². The number of fused-ring (bicyclic) bond motifs is 1. The fourth-order valence-corrected chi connectivity index (χ4v) is 3.70. The lowest BCUT2D eigenvalue weighted by atomic mass is 9.95. The second-order valence-electron chi connectivity index (χ2n) is 7.59. The lowest BCUT2D eigenvalue weighted by Crippen LogP contribution is -2.32. The molecule has 0 unspecified atom stereocenters. The van der Waals surface area contributed by atoms with Crippen molar-refractivity contribution < 1.29 is 8.96 Å². The molecule has 0 atom stereocenters. The van der Waals surface area contributed by atoms with Gasteiger partial charge in [-0.05, 0) is 62.4 Å². The molecule has 0 aliphatic rings. The third kappa shape index (κ3) is 3.18. The van der Waals surface area contributed by atoms with Crippen LogP contribution in [0.5, 0.6) is 0 Å². The average Bonchev–Trinajstić information content (AvgIpc) is 2.54. The molecule has 0 amide bonds. The summed E-state index contributed by atoms with van der Waals surface area (Å²) in [7, 11) is 2.08. The van der Waals surface area contributed by atoms with Crippen molar-refractivity contribution in [3.8, 4) is 11.3 Å². The van der Waals surface area contributed by atoms with E-state index in [4.69, 9.17) is 0 Å². The molecule has 25 heavy (non-hydrogen) atoms. The van der Waals surface area contributed by atoms with Crippen molar-refractivity contribution in [1.29, 1.82) is 0 Å². The van der Waals surface area contributed by atoms with Crippen LogP contribution in [0.3, 0.4) is 0 Å². The van der Waals surface area contributed by atoms with E-state index in [9.17, 15) is 4.39 Å². The van der Waals surface area contributed by atoms with Gasteiger partial charge in [-0.15, -0.1) is 0 Å². The Kier molecular flexibility index (Phi) is 4.64. The second kappa shape index (κ2) is 6.59. The zero-order valence-electron chi connectivity index (χ0n) is 16.1. The van der Waals surface area contributed by atoms with Gasteiger partial charge in [0.2, 0.25) is 11.2 Å². The predicted octanol–water partition coefficient (Wildman–Crippen LogP) is 5.59. The first kappa shape index (κ1) is 17.6. The normalized spacial score (nSPS) is 11.5. The number of hydrogen-bond donors (Lipinski definition) is 0. The first-order valence-electron chi connectivity index (χ1n) is 8.98. The van der Waals surface area contributed by atoms with Crippen molar-refractivity contribution in [2.45, 2.75) is 41.0 Å². The van der Waals surface area contributed by atoms with Crippen LogP contribution in [0.25, 0.3) is 22.2 Å². The molecule has 0 saturated heterocycles. The minimum Gasteiger partial charge on any atom is -0.207 e. The van der Waals surface area contributed by atoms with Crippen LogP contribution >= 0.6 is 0 Å². The highest BCUT2D eigenvalue weighted by Gasteiger charge is 2.20. The van der Waals surface area contributed by atoms with Crippen LogP contribution in [0.15, 0.2) is 36.4 Å². The highest BCUT2D eigenvalue weighted by Crippen LogP contribution is 2.28. The number of aromatic nitrogens is 1. The molecule has 0 aliphatic carbocycles.